The number of benzene rings is 2. The second-order valence-electron chi connectivity index (χ2n) is 7.46. The summed E-state index contributed by atoms with van der Waals surface area (Å²) in [5.74, 6) is 0.604. The van der Waals surface area contributed by atoms with E-state index in [-0.39, 0.29) is 24.4 Å². The van der Waals surface area contributed by atoms with Crippen LogP contribution in [-0.2, 0) is 16.1 Å². The minimum Gasteiger partial charge on any atom is -0.486 e. The third-order valence-electron chi connectivity index (χ3n) is 5.05. The van der Waals surface area contributed by atoms with E-state index in [2.05, 4.69) is 5.32 Å². The van der Waals surface area contributed by atoms with Crippen LogP contribution in [0.4, 0.5) is 10.1 Å². The molecule has 1 fully saturated rings. The maximum Gasteiger partial charge on any atom is 0.238 e. The molecule has 0 aliphatic carbocycles. The number of halogens is 2. The van der Waals surface area contributed by atoms with E-state index < -0.39 is 0 Å². The Hall–Kier alpha value is -2.35. The number of hydrogen-bond donors (Lipinski definition) is 1. The zero-order valence-corrected chi connectivity index (χ0v) is 17.3. The Kier molecular flexibility index (Phi) is 6.72. The third-order valence-corrected chi connectivity index (χ3v) is 5.37. The fourth-order valence-electron chi connectivity index (χ4n) is 3.71. The van der Waals surface area contributed by atoms with Gasteiger partial charge in [0.05, 0.1) is 23.4 Å². The van der Waals surface area contributed by atoms with Crippen LogP contribution in [0.25, 0.3) is 0 Å². The molecule has 0 spiro atoms. The van der Waals surface area contributed by atoms with Crippen molar-refractivity contribution in [1.82, 2.24) is 4.90 Å². The Morgan fingerprint density at radius 3 is 2.70 bits per heavy atom. The van der Waals surface area contributed by atoms with Crippen LogP contribution in [0.5, 0.6) is 11.5 Å². The van der Waals surface area contributed by atoms with E-state index in [1.54, 1.807) is 18.2 Å². The van der Waals surface area contributed by atoms with Crippen LogP contribution in [0.2, 0.25) is 5.02 Å². The summed E-state index contributed by atoms with van der Waals surface area (Å²) >= 11 is 6.30. The van der Waals surface area contributed by atoms with Gasteiger partial charge in [0.25, 0.3) is 0 Å². The molecule has 1 atom stereocenters. The summed E-state index contributed by atoms with van der Waals surface area (Å²) in [5, 5.41) is 3.23. The maximum atomic E-state index is 13.6. The first-order valence-electron chi connectivity index (χ1n) is 10.0. The summed E-state index contributed by atoms with van der Waals surface area (Å²) in [6.07, 6.45) is 2.04. The van der Waals surface area contributed by atoms with Crippen LogP contribution in [0, 0.1) is 5.82 Å². The van der Waals surface area contributed by atoms with Crippen LogP contribution < -0.4 is 14.8 Å². The lowest BCUT2D eigenvalue weighted by molar-refractivity contribution is -0.117. The molecule has 160 valence electrons. The van der Waals surface area contributed by atoms with Gasteiger partial charge in [-0.1, -0.05) is 23.7 Å². The molecular formula is C22H24ClFN2O4. The Labute approximate surface area is 179 Å². The fraction of sp³-hybridized carbons (Fsp3) is 0.409. The number of hydrogen-bond acceptors (Lipinski definition) is 5. The van der Waals surface area contributed by atoms with Crippen molar-refractivity contribution in [2.45, 2.75) is 25.5 Å². The fourth-order valence-corrected chi connectivity index (χ4v) is 3.91. The number of ether oxygens (including phenoxy) is 3. The van der Waals surface area contributed by atoms with Crippen LogP contribution in [0.15, 0.2) is 36.4 Å². The molecule has 0 aromatic heterocycles. The first-order valence-corrected chi connectivity index (χ1v) is 10.4. The van der Waals surface area contributed by atoms with Gasteiger partial charge in [-0.05, 0) is 30.5 Å². The molecule has 2 aromatic rings. The van der Waals surface area contributed by atoms with Gasteiger partial charge in [0.15, 0.2) is 11.5 Å². The van der Waals surface area contributed by atoms with Crippen molar-refractivity contribution in [3.8, 4) is 11.5 Å². The minimum atomic E-state index is -0.294. The van der Waals surface area contributed by atoms with E-state index >= 15 is 0 Å². The molecule has 1 unspecified atom stereocenters. The molecule has 2 aromatic carbocycles. The van der Waals surface area contributed by atoms with Gasteiger partial charge in [0.2, 0.25) is 5.91 Å². The summed E-state index contributed by atoms with van der Waals surface area (Å²) in [7, 11) is 0. The Morgan fingerprint density at radius 1 is 1.17 bits per heavy atom. The first-order chi connectivity index (χ1) is 14.6. The quantitative estimate of drug-likeness (QED) is 0.716. The number of amides is 1. The summed E-state index contributed by atoms with van der Waals surface area (Å²) < 4.78 is 30.4. The van der Waals surface area contributed by atoms with Gasteiger partial charge in [0.1, 0.15) is 19.0 Å². The number of nitrogens with zero attached hydrogens (tertiary/aromatic N) is 1. The van der Waals surface area contributed by atoms with Crippen molar-refractivity contribution in [3.05, 3.63) is 52.8 Å². The van der Waals surface area contributed by atoms with Crippen LogP contribution >= 0.6 is 11.6 Å². The normalized spacial score (nSPS) is 17.9. The van der Waals surface area contributed by atoms with Gasteiger partial charge in [-0.25, -0.2) is 4.39 Å². The highest BCUT2D eigenvalue weighted by Gasteiger charge is 2.22. The number of carbonyl (C=O) groups is 1. The predicted molar refractivity (Wildman–Crippen MR) is 112 cm³/mol. The lowest BCUT2D eigenvalue weighted by Gasteiger charge is -2.25. The molecule has 6 nitrogen and oxygen atoms in total. The van der Waals surface area contributed by atoms with E-state index in [9.17, 15) is 9.18 Å². The topological polar surface area (TPSA) is 60.0 Å². The van der Waals surface area contributed by atoms with E-state index in [1.807, 2.05) is 11.0 Å². The molecule has 2 heterocycles. The second kappa shape index (κ2) is 9.64. The largest absolute Gasteiger partial charge is 0.486 e. The van der Waals surface area contributed by atoms with Gasteiger partial charge in [-0.3, -0.25) is 9.69 Å². The molecule has 1 saturated heterocycles. The number of rotatable bonds is 7. The standard InChI is InChI=1S/C22H24ClFN2O4/c23-18-10-20-21(30-8-7-29-20)11-19(18)25-22(27)14-26(13-17-5-2-6-28-17)12-15-3-1-4-16(24)9-15/h1,3-4,9-11,17H,2,5-8,12-14H2,(H,25,27). The summed E-state index contributed by atoms with van der Waals surface area (Å²) in [4.78, 5) is 14.7. The lowest BCUT2D eigenvalue weighted by Crippen LogP contribution is -2.38. The van der Waals surface area contributed by atoms with Crippen molar-refractivity contribution in [2.75, 3.05) is 38.2 Å². The SMILES string of the molecule is O=C(CN(Cc1cccc(F)c1)CC1CCCO1)Nc1cc2c(cc1Cl)OCCO2. The average molecular weight is 435 g/mol. The highest BCUT2D eigenvalue weighted by molar-refractivity contribution is 6.34. The molecule has 2 aliphatic heterocycles. The molecule has 4 rings (SSSR count). The predicted octanol–water partition coefficient (Wildman–Crippen LogP) is 3.87. The second-order valence-corrected chi connectivity index (χ2v) is 7.87. The van der Waals surface area contributed by atoms with Crippen LogP contribution in [0.1, 0.15) is 18.4 Å². The van der Waals surface area contributed by atoms with E-state index in [0.717, 1.165) is 25.0 Å². The summed E-state index contributed by atoms with van der Waals surface area (Å²) in [6, 6.07) is 9.72. The van der Waals surface area contributed by atoms with Gasteiger partial charge in [-0.15, -0.1) is 0 Å². The van der Waals surface area contributed by atoms with Crippen molar-refractivity contribution in [1.29, 1.82) is 0 Å². The Morgan fingerprint density at radius 2 is 1.97 bits per heavy atom. The van der Waals surface area contributed by atoms with Gasteiger partial charge >= 0.3 is 0 Å². The highest BCUT2D eigenvalue weighted by Crippen LogP contribution is 2.37. The van der Waals surface area contributed by atoms with E-state index in [4.69, 9.17) is 25.8 Å². The lowest BCUT2D eigenvalue weighted by atomic mass is 10.1. The molecule has 30 heavy (non-hydrogen) atoms. The molecule has 1 amide bonds. The molecule has 0 bridgehead atoms. The first kappa shape index (κ1) is 20.9. The van der Waals surface area contributed by atoms with Crippen molar-refractivity contribution in [2.24, 2.45) is 0 Å². The summed E-state index contributed by atoms with van der Waals surface area (Å²) in [6.45, 7) is 2.81. The maximum absolute atomic E-state index is 13.6. The number of carbonyl (C=O) groups excluding carboxylic acids is 1. The molecule has 0 radical (unpaired) electrons. The van der Waals surface area contributed by atoms with E-state index in [1.165, 1.54) is 12.1 Å². The van der Waals surface area contributed by atoms with Crippen molar-refractivity contribution in [3.63, 3.8) is 0 Å². The molecule has 2 aliphatic rings. The zero-order chi connectivity index (χ0) is 20.9. The third kappa shape index (κ3) is 5.41. The van der Waals surface area contributed by atoms with Gasteiger partial charge in [-0.2, -0.15) is 0 Å². The smallest absolute Gasteiger partial charge is 0.238 e. The Bertz CT molecular complexity index is 905. The van der Waals surface area contributed by atoms with E-state index in [0.29, 0.717) is 48.5 Å². The van der Waals surface area contributed by atoms with Gasteiger partial charge in [0, 0.05) is 31.8 Å². The van der Waals surface area contributed by atoms with Crippen molar-refractivity contribution >= 4 is 23.2 Å². The average Bonchev–Trinajstić information content (AvgIpc) is 3.21. The highest BCUT2D eigenvalue weighted by atomic mass is 35.5. The number of fused-ring (bicyclic) bond motifs is 1. The zero-order valence-electron chi connectivity index (χ0n) is 16.5. The molecule has 0 saturated carbocycles. The van der Waals surface area contributed by atoms with Gasteiger partial charge < -0.3 is 19.5 Å². The van der Waals surface area contributed by atoms with Crippen LogP contribution in [0.3, 0.4) is 0 Å². The Balaban J connectivity index is 1.44. The minimum absolute atomic E-state index is 0.0734. The van der Waals surface area contributed by atoms with Crippen molar-refractivity contribution < 1.29 is 23.4 Å². The number of nitrogens with one attached hydrogen (secondary N) is 1. The molecule has 1 N–H and O–H groups in total. The van der Waals surface area contributed by atoms with Crippen LogP contribution in [-0.4, -0.2) is 49.8 Å². The number of anilines is 1. The monoisotopic (exact) mass is 434 g/mol. The molecular weight excluding hydrogens is 411 g/mol. The molecule has 8 heteroatoms. The summed E-state index contributed by atoms with van der Waals surface area (Å²) in [5.41, 5.74) is 1.27.